The van der Waals surface area contributed by atoms with Crippen LogP contribution in [0.4, 0.5) is 0 Å². The van der Waals surface area contributed by atoms with E-state index in [1.165, 1.54) is 38.5 Å². The predicted octanol–water partition coefficient (Wildman–Crippen LogP) is 2.82. The number of ether oxygens (including phenoxy) is 1. The van der Waals surface area contributed by atoms with Gasteiger partial charge in [-0.3, -0.25) is 4.79 Å². The fourth-order valence-electron chi connectivity index (χ4n) is 3.43. The first kappa shape index (κ1) is 15.8. The molecule has 0 aromatic carbocycles. The van der Waals surface area contributed by atoms with Gasteiger partial charge >= 0.3 is 5.97 Å². The van der Waals surface area contributed by atoms with Gasteiger partial charge in [-0.05, 0) is 70.8 Å². The Labute approximate surface area is 122 Å². The third-order valence-electron chi connectivity index (χ3n) is 5.36. The van der Waals surface area contributed by atoms with E-state index in [0.717, 1.165) is 19.8 Å². The minimum Gasteiger partial charge on any atom is -0.481 e. The van der Waals surface area contributed by atoms with Gasteiger partial charge in [0, 0.05) is 19.3 Å². The Balaban J connectivity index is 1.68. The predicted molar refractivity (Wildman–Crippen MR) is 78.8 cm³/mol. The molecule has 4 nitrogen and oxygen atoms in total. The van der Waals surface area contributed by atoms with Crippen molar-refractivity contribution in [2.75, 3.05) is 19.8 Å². The van der Waals surface area contributed by atoms with Crippen LogP contribution in [0.1, 0.15) is 58.8 Å². The van der Waals surface area contributed by atoms with Crippen molar-refractivity contribution >= 4 is 5.97 Å². The lowest BCUT2D eigenvalue weighted by Crippen LogP contribution is -2.41. The molecule has 2 fully saturated rings. The monoisotopic (exact) mass is 283 g/mol. The van der Waals surface area contributed by atoms with Crippen LogP contribution in [-0.2, 0) is 9.53 Å². The molecule has 0 radical (unpaired) electrons. The van der Waals surface area contributed by atoms with Gasteiger partial charge in [0.05, 0.1) is 5.41 Å². The van der Waals surface area contributed by atoms with E-state index in [1.807, 2.05) is 0 Å². The normalized spacial score (nSPS) is 23.9. The smallest absolute Gasteiger partial charge is 0.309 e. The van der Waals surface area contributed by atoms with E-state index in [4.69, 9.17) is 9.84 Å². The van der Waals surface area contributed by atoms with E-state index < -0.39 is 11.4 Å². The minimum absolute atomic E-state index is 0.552. The SMILES string of the molecule is CC(C)(CCNC1CCC2(CCOCC2)CC1)C(=O)O. The molecule has 0 aromatic heterocycles. The lowest BCUT2D eigenvalue weighted by Gasteiger charge is -2.43. The number of carboxylic acid groups (broad SMARTS) is 1. The molecule has 0 aromatic rings. The summed E-state index contributed by atoms with van der Waals surface area (Å²) in [6.07, 6.45) is 8.21. The Morgan fingerprint density at radius 1 is 1.25 bits per heavy atom. The molecule has 1 saturated heterocycles. The molecule has 4 heteroatoms. The molecule has 0 unspecified atom stereocenters. The second-order valence-electron chi connectivity index (χ2n) is 7.28. The van der Waals surface area contributed by atoms with Crippen molar-refractivity contribution in [3.05, 3.63) is 0 Å². The number of hydrogen-bond donors (Lipinski definition) is 2. The maximum Gasteiger partial charge on any atom is 0.309 e. The van der Waals surface area contributed by atoms with Crippen LogP contribution in [0.25, 0.3) is 0 Å². The first-order chi connectivity index (χ1) is 9.44. The first-order valence-corrected chi connectivity index (χ1v) is 7.98. The molecular formula is C16H29NO3. The summed E-state index contributed by atoms with van der Waals surface area (Å²) >= 11 is 0. The maximum absolute atomic E-state index is 11.1. The summed E-state index contributed by atoms with van der Waals surface area (Å²) in [5, 5.41) is 12.7. The standard InChI is InChI=1S/C16H29NO3/c1-15(2,14(18)19)7-10-17-13-3-5-16(6-4-13)8-11-20-12-9-16/h13,17H,3-12H2,1-2H3,(H,18,19). The van der Waals surface area contributed by atoms with E-state index in [-0.39, 0.29) is 0 Å². The van der Waals surface area contributed by atoms with Gasteiger partial charge in [-0.25, -0.2) is 0 Å². The largest absolute Gasteiger partial charge is 0.481 e. The molecule has 2 aliphatic rings. The molecule has 1 aliphatic carbocycles. The Morgan fingerprint density at radius 3 is 2.40 bits per heavy atom. The second-order valence-corrected chi connectivity index (χ2v) is 7.28. The highest BCUT2D eigenvalue weighted by atomic mass is 16.5. The van der Waals surface area contributed by atoms with Crippen molar-refractivity contribution in [2.45, 2.75) is 64.8 Å². The summed E-state index contributed by atoms with van der Waals surface area (Å²) in [6.45, 7) is 6.28. The maximum atomic E-state index is 11.1. The van der Waals surface area contributed by atoms with Crippen LogP contribution in [0.5, 0.6) is 0 Å². The minimum atomic E-state index is -0.705. The summed E-state index contributed by atoms with van der Waals surface area (Å²) in [5.41, 5.74) is -0.0691. The highest BCUT2D eigenvalue weighted by Crippen LogP contribution is 2.44. The van der Waals surface area contributed by atoms with Crippen molar-refractivity contribution in [3.8, 4) is 0 Å². The fourth-order valence-corrected chi connectivity index (χ4v) is 3.43. The van der Waals surface area contributed by atoms with Gasteiger partial charge in [0.2, 0.25) is 0 Å². The average molecular weight is 283 g/mol. The van der Waals surface area contributed by atoms with E-state index >= 15 is 0 Å². The van der Waals surface area contributed by atoms with Crippen molar-refractivity contribution in [1.82, 2.24) is 5.32 Å². The van der Waals surface area contributed by atoms with Gasteiger partial charge in [-0.1, -0.05) is 0 Å². The topological polar surface area (TPSA) is 58.6 Å². The molecule has 0 atom stereocenters. The van der Waals surface area contributed by atoms with Gasteiger partial charge in [0.25, 0.3) is 0 Å². The molecule has 1 spiro atoms. The number of rotatable bonds is 5. The third kappa shape index (κ3) is 3.95. The summed E-state index contributed by atoms with van der Waals surface area (Å²) in [5.74, 6) is -0.705. The molecule has 0 bridgehead atoms. The highest BCUT2D eigenvalue weighted by Gasteiger charge is 2.36. The van der Waals surface area contributed by atoms with Crippen LogP contribution >= 0.6 is 0 Å². The summed E-state index contributed by atoms with van der Waals surface area (Å²) in [4.78, 5) is 11.1. The van der Waals surface area contributed by atoms with Gasteiger partial charge in [-0.2, -0.15) is 0 Å². The lowest BCUT2D eigenvalue weighted by atomic mass is 9.68. The zero-order valence-corrected chi connectivity index (χ0v) is 12.9. The zero-order chi connectivity index (χ0) is 14.6. The molecule has 116 valence electrons. The summed E-state index contributed by atoms with van der Waals surface area (Å²) in [7, 11) is 0. The van der Waals surface area contributed by atoms with Crippen LogP contribution in [0.3, 0.4) is 0 Å². The van der Waals surface area contributed by atoms with Gasteiger partial charge in [0.1, 0.15) is 0 Å². The van der Waals surface area contributed by atoms with Crippen LogP contribution in [0.15, 0.2) is 0 Å². The molecule has 0 amide bonds. The number of carboxylic acids is 1. The molecular weight excluding hydrogens is 254 g/mol. The van der Waals surface area contributed by atoms with Crippen molar-refractivity contribution < 1.29 is 14.6 Å². The lowest BCUT2D eigenvalue weighted by molar-refractivity contribution is -0.147. The zero-order valence-electron chi connectivity index (χ0n) is 12.9. The Morgan fingerprint density at radius 2 is 1.85 bits per heavy atom. The Bertz CT molecular complexity index is 325. The molecule has 1 heterocycles. The summed E-state index contributed by atoms with van der Waals surface area (Å²) in [6, 6.07) is 0.577. The first-order valence-electron chi connectivity index (χ1n) is 7.98. The molecule has 2 N–H and O–H groups in total. The quantitative estimate of drug-likeness (QED) is 0.814. The van der Waals surface area contributed by atoms with E-state index in [1.54, 1.807) is 13.8 Å². The number of carbonyl (C=O) groups is 1. The van der Waals surface area contributed by atoms with E-state index in [9.17, 15) is 4.79 Å². The Hall–Kier alpha value is -0.610. The van der Waals surface area contributed by atoms with Crippen LogP contribution in [-0.4, -0.2) is 36.9 Å². The van der Waals surface area contributed by atoms with Crippen LogP contribution < -0.4 is 5.32 Å². The van der Waals surface area contributed by atoms with Crippen LogP contribution in [0.2, 0.25) is 0 Å². The molecule has 1 aliphatic heterocycles. The highest BCUT2D eigenvalue weighted by molar-refractivity contribution is 5.73. The molecule has 1 saturated carbocycles. The second kappa shape index (κ2) is 6.44. The van der Waals surface area contributed by atoms with Gasteiger partial charge in [-0.15, -0.1) is 0 Å². The van der Waals surface area contributed by atoms with Gasteiger partial charge in [0.15, 0.2) is 0 Å². The molecule has 20 heavy (non-hydrogen) atoms. The fraction of sp³-hybridized carbons (Fsp3) is 0.938. The molecule has 2 rings (SSSR count). The van der Waals surface area contributed by atoms with Gasteiger partial charge < -0.3 is 15.2 Å². The Kier molecular flexibility index (Phi) is 5.08. The number of hydrogen-bond acceptors (Lipinski definition) is 3. The van der Waals surface area contributed by atoms with E-state index in [0.29, 0.717) is 17.9 Å². The van der Waals surface area contributed by atoms with E-state index in [2.05, 4.69) is 5.32 Å². The van der Waals surface area contributed by atoms with Crippen molar-refractivity contribution in [1.29, 1.82) is 0 Å². The average Bonchev–Trinajstić information content (AvgIpc) is 2.42. The van der Waals surface area contributed by atoms with Crippen molar-refractivity contribution in [3.63, 3.8) is 0 Å². The van der Waals surface area contributed by atoms with Crippen molar-refractivity contribution in [2.24, 2.45) is 10.8 Å². The summed E-state index contributed by atoms with van der Waals surface area (Å²) < 4.78 is 5.48. The number of nitrogens with one attached hydrogen (secondary N) is 1. The number of aliphatic carboxylic acids is 1. The van der Waals surface area contributed by atoms with Crippen LogP contribution in [0, 0.1) is 10.8 Å². The third-order valence-corrected chi connectivity index (χ3v) is 5.36.